The zero-order valence-electron chi connectivity index (χ0n) is 18.2. The molecule has 8 heteroatoms. The lowest BCUT2D eigenvalue weighted by atomic mass is 9.97. The summed E-state index contributed by atoms with van der Waals surface area (Å²) >= 11 is 1.38. The summed E-state index contributed by atoms with van der Waals surface area (Å²) in [4.78, 5) is 26.9. The quantitative estimate of drug-likeness (QED) is 0.629. The predicted octanol–water partition coefficient (Wildman–Crippen LogP) is 3.19. The summed E-state index contributed by atoms with van der Waals surface area (Å²) in [6, 6.07) is 10.4. The molecule has 0 bridgehead atoms. The number of benzene rings is 1. The van der Waals surface area contributed by atoms with Gasteiger partial charge in [0.05, 0.1) is 11.7 Å². The first-order valence-electron chi connectivity index (χ1n) is 11.6. The van der Waals surface area contributed by atoms with E-state index in [9.17, 15) is 9.59 Å². The third-order valence-electron chi connectivity index (χ3n) is 6.40. The fraction of sp³-hybridized carbons (Fsp3) is 0.500. The van der Waals surface area contributed by atoms with Crippen molar-refractivity contribution in [2.45, 2.75) is 56.0 Å². The highest BCUT2D eigenvalue weighted by Gasteiger charge is 2.31. The number of rotatable bonds is 7. The van der Waals surface area contributed by atoms with Crippen molar-refractivity contribution < 1.29 is 9.59 Å². The molecule has 3 aliphatic rings. The zero-order chi connectivity index (χ0) is 21.9. The van der Waals surface area contributed by atoms with Gasteiger partial charge in [-0.1, -0.05) is 17.8 Å². The van der Waals surface area contributed by atoms with Crippen molar-refractivity contribution in [3.8, 4) is 0 Å². The van der Waals surface area contributed by atoms with Gasteiger partial charge < -0.3 is 15.5 Å². The van der Waals surface area contributed by atoms with Gasteiger partial charge in [0, 0.05) is 24.8 Å². The molecule has 2 fully saturated rings. The minimum absolute atomic E-state index is 0.0168. The Morgan fingerprint density at radius 1 is 1.03 bits per heavy atom. The Hall–Kier alpha value is -2.61. The van der Waals surface area contributed by atoms with Crippen LogP contribution in [-0.4, -0.2) is 46.9 Å². The van der Waals surface area contributed by atoms with Crippen molar-refractivity contribution in [3.63, 3.8) is 0 Å². The van der Waals surface area contributed by atoms with Crippen molar-refractivity contribution in [1.29, 1.82) is 0 Å². The van der Waals surface area contributed by atoms with E-state index < -0.39 is 0 Å². The van der Waals surface area contributed by atoms with Crippen LogP contribution >= 0.6 is 11.8 Å². The third-order valence-corrected chi connectivity index (χ3v) is 7.32. The Kier molecular flexibility index (Phi) is 6.30. The van der Waals surface area contributed by atoms with Gasteiger partial charge in [0.25, 0.3) is 0 Å². The topological polar surface area (TPSA) is 87.2 Å². The number of nitrogens with zero attached hydrogens (tertiary/aromatic N) is 3. The van der Waals surface area contributed by atoms with E-state index in [1.54, 1.807) is 0 Å². The predicted molar refractivity (Wildman–Crippen MR) is 126 cm³/mol. The average molecular weight is 452 g/mol. The van der Waals surface area contributed by atoms with Crippen molar-refractivity contribution in [3.05, 3.63) is 41.5 Å². The summed E-state index contributed by atoms with van der Waals surface area (Å²) in [6.45, 7) is 1.57. The molecule has 2 aliphatic carbocycles. The number of hydrogen-bond donors (Lipinski definition) is 2. The maximum Gasteiger partial charge on any atom is 0.234 e. The summed E-state index contributed by atoms with van der Waals surface area (Å²) in [5, 5.41) is 15.5. The number of amides is 2. The smallest absolute Gasteiger partial charge is 0.234 e. The van der Waals surface area contributed by atoms with Crippen LogP contribution in [0.3, 0.4) is 0 Å². The minimum atomic E-state index is -0.0422. The van der Waals surface area contributed by atoms with Crippen LogP contribution in [0.15, 0.2) is 35.4 Å². The van der Waals surface area contributed by atoms with Crippen molar-refractivity contribution in [2.24, 2.45) is 5.92 Å². The first kappa shape index (κ1) is 21.2. The van der Waals surface area contributed by atoms with Crippen molar-refractivity contribution >= 4 is 35.1 Å². The molecule has 1 aromatic carbocycles. The number of hydrogen-bond acceptors (Lipinski definition) is 6. The van der Waals surface area contributed by atoms with Gasteiger partial charge in [-0.2, -0.15) is 0 Å². The van der Waals surface area contributed by atoms with Crippen LogP contribution in [0.1, 0.15) is 43.2 Å². The van der Waals surface area contributed by atoms with E-state index in [0.29, 0.717) is 12.6 Å². The molecule has 1 aromatic heterocycles. The Bertz CT molecular complexity index is 992. The number of carbonyl (C=O) groups excluding carboxylic acids is 2. The van der Waals surface area contributed by atoms with E-state index in [4.69, 9.17) is 0 Å². The van der Waals surface area contributed by atoms with Gasteiger partial charge in [-0.3, -0.25) is 9.59 Å². The largest absolute Gasteiger partial charge is 0.354 e. The van der Waals surface area contributed by atoms with Crippen LogP contribution in [0.5, 0.6) is 0 Å². The summed E-state index contributed by atoms with van der Waals surface area (Å²) in [7, 11) is 0. The highest BCUT2D eigenvalue weighted by Crippen LogP contribution is 2.26. The maximum absolute atomic E-state index is 12.4. The molecule has 2 amide bonds. The molecular weight excluding hydrogens is 422 g/mol. The van der Waals surface area contributed by atoms with Gasteiger partial charge in [0.15, 0.2) is 5.82 Å². The fourth-order valence-electron chi connectivity index (χ4n) is 4.49. The van der Waals surface area contributed by atoms with Gasteiger partial charge >= 0.3 is 0 Å². The number of piperidine rings is 1. The summed E-state index contributed by atoms with van der Waals surface area (Å²) in [5.74, 6) is 1.23. The summed E-state index contributed by atoms with van der Waals surface area (Å²) in [5.41, 5.74) is 3.61. The molecule has 0 radical (unpaired) electrons. The first-order chi connectivity index (χ1) is 15.6. The molecule has 1 saturated carbocycles. The number of aromatic nitrogens is 2. The third kappa shape index (κ3) is 5.23. The normalized spacial score (nSPS) is 20.0. The van der Waals surface area contributed by atoms with Crippen LogP contribution in [0, 0.1) is 5.92 Å². The van der Waals surface area contributed by atoms with Gasteiger partial charge in [-0.15, -0.1) is 10.2 Å². The second-order valence-electron chi connectivity index (χ2n) is 8.97. The van der Waals surface area contributed by atoms with E-state index in [0.717, 1.165) is 61.6 Å². The lowest BCUT2D eigenvalue weighted by Crippen LogP contribution is -2.44. The van der Waals surface area contributed by atoms with Crippen LogP contribution in [-0.2, 0) is 22.4 Å². The molecule has 1 aliphatic heterocycles. The molecule has 32 heavy (non-hydrogen) atoms. The van der Waals surface area contributed by atoms with Gasteiger partial charge in [0.1, 0.15) is 5.03 Å². The van der Waals surface area contributed by atoms with Crippen LogP contribution in [0.25, 0.3) is 0 Å². The second kappa shape index (κ2) is 9.48. The molecule has 0 spiro atoms. The Morgan fingerprint density at radius 3 is 2.72 bits per heavy atom. The van der Waals surface area contributed by atoms with Crippen LogP contribution < -0.4 is 15.5 Å². The second-order valence-corrected chi connectivity index (χ2v) is 9.97. The lowest BCUT2D eigenvalue weighted by Gasteiger charge is -2.32. The molecule has 168 valence electrons. The zero-order valence-corrected chi connectivity index (χ0v) is 19.0. The highest BCUT2D eigenvalue weighted by molar-refractivity contribution is 7.99. The minimum Gasteiger partial charge on any atom is -0.354 e. The molecule has 7 nitrogen and oxygen atoms in total. The molecular formula is C24H29N5O2S. The molecule has 2 N–H and O–H groups in total. The molecule has 2 aromatic rings. The Morgan fingerprint density at radius 2 is 1.91 bits per heavy atom. The van der Waals surface area contributed by atoms with E-state index in [1.807, 2.05) is 18.2 Å². The molecule has 1 atom stereocenters. The summed E-state index contributed by atoms with van der Waals surface area (Å²) in [6.07, 6.45) is 7.55. The highest BCUT2D eigenvalue weighted by atomic mass is 32.2. The Balaban J connectivity index is 1.11. The number of fused-ring (bicyclic) bond motifs is 1. The molecule has 1 saturated heterocycles. The molecule has 2 heterocycles. The number of anilines is 2. The first-order valence-corrected chi connectivity index (χ1v) is 12.6. The number of carbonyl (C=O) groups is 2. The standard InChI is InChI=1S/C24H29N5O2S/c30-22(25-20-7-6-16-3-1-4-17(16)13-20)15-32-23-11-10-21(27-28-23)29-12-2-5-18(14-29)24(31)26-19-8-9-19/h6-7,10-11,13,18-19H,1-5,8-9,12,14-15H2,(H,25,30)(H,26,31)/t18-/m0/s1. The van der Waals surface area contributed by atoms with E-state index in [2.05, 4.69) is 37.9 Å². The monoisotopic (exact) mass is 451 g/mol. The number of aryl methyl sites for hydroxylation is 2. The molecule has 5 rings (SSSR count). The van der Waals surface area contributed by atoms with Gasteiger partial charge in [-0.05, 0) is 80.3 Å². The summed E-state index contributed by atoms with van der Waals surface area (Å²) < 4.78 is 0. The molecule has 0 unspecified atom stereocenters. The average Bonchev–Trinajstić information content (AvgIpc) is 3.51. The van der Waals surface area contributed by atoms with Crippen molar-refractivity contribution in [2.75, 3.05) is 29.1 Å². The van der Waals surface area contributed by atoms with Gasteiger partial charge in [-0.25, -0.2) is 0 Å². The SMILES string of the molecule is O=C(CSc1ccc(N2CCC[C@H](C(=O)NC3CC3)C2)nn1)Nc1ccc2c(c1)CCC2. The number of thioether (sulfide) groups is 1. The van der Waals surface area contributed by atoms with E-state index in [1.165, 1.54) is 29.3 Å². The Labute approximate surface area is 192 Å². The number of nitrogens with one attached hydrogen (secondary N) is 2. The van der Waals surface area contributed by atoms with E-state index in [-0.39, 0.29) is 23.5 Å². The van der Waals surface area contributed by atoms with E-state index >= 15 is 0 Å². The van der Waals surface area contributed by atoms with Crippen LogP contribution in [0.4, 0.5) is 11.5 Å². The van der Waals surface area contributed by atoms with Crippen molar-refractivity contribution in [1.82, 2.24) is 15.5 Å². The van der Waals surface area contributed by atoms with Crippen LogP contribution in [0.2, 0.25) is 0 Å². The van der Waals surface area contributed by atoms with Gasteiger partial charge in [0.2, 0.25) is 11.8 Å². The lowest BCUT2D eigenvalue weighted by molar-refractivity contribution is -0.125. The fourth-order valence-corrected chi connectivity index (χ4v) is 5.10. The maximum atomic E-state index is 12.4.